The molecule has 1 heterocycles. The molecule has 0 spiro atoms. The molecule has 2 aromatic carbocycles. The van der Waals surface area contributed by atoms with Crippen LogP contribution in [0.25, 0.3) is 11.5 Å². The van der Waals surface area contributed by atoms with E-state index in [1.165, 1.54) is 0 Å². The van der Waals surface area contributed by atoms with Crippen molar-refractivity contribution in [1.29, 1.82) is 5.26 Å². The van der Waals surface area contributed by atoms with Crippen molar-refractivity contribution in [2.24, 2.45) is 0 Å². The van der Waals surface area contributed by atoms with Crippen LogP contribution in [0.15, 0.2) is 58.2 Å². The Bertz CT molecular complexity index is 979. The lowest BCUT2D eigenvalue weighted by Gasteiger charge is -2.09. The standard InChI is InChI=1S/C19H16N4O3S/c1-12(17(24)21-15-5-3-4-13(10-15)11-20)27-19-23-22-18(26-19)14-6-8-16(25-2)9-7-14/h3-10,12H,1-2H3,(H,21,24)/t12-/m1/s1. The Morgan fingerprint density at radius 2 is 2.04 bits per heavy atom. The van der Waals surface area contributed by atoms with Crippen LogP contribution in [0, 0.1) is 11.3 Å². The van der Waals surface area contributed by atoms with Crippen molar-refractivity contribution in [3.63, 3.8) is 0 Å². The van der Waals surface area contributed by atoms with E-state index in [-0.39, 0.29) is 5.91 Å². The Kier molecular flexibility index (Phi) is 5.74. The molecule has 1 aromatic heterocycles. The smallest absolute Gasteiger partial charge is 0.277 e. The van der Waals surface area contributed by atoms with Gasteiger partial charge in [-0.05, 0) is 49.4 Å². The molecule has 0 aliphatic carbocycles. The number of rotatable bonds is 6. The second kappa shape index (κ2) is 8.38. The molecular weight excluding hydrogens is 364 g/mol. The highest BCUT2D eigenvalue weighted by atomic mass is 32.2. The van der Waals surface area contributed by atoms with E-state index in [4.69, 9.17) is 14.4 Å². The normalized spacial score (nSPS) is 11.4. The van der Waals surface area contributed by atoms with E-state index in [1.807, 2.05) is 18.2 Å². The summed E-state index contributed by atoms with van der Waals surface area (Å²) in [5.74, 6) is 0.882. The highest BCUT2D eigenvalue weighted by Gasteiger charge is 2.19. The van der Waals surface area contributed by atoms with Gasteiger partial charge in [0, 0.05) is 11.3 Å². The van der Waals surface area contributed by atoms with E-state index in [1.54, 1.807) is 50.4 Å². The molecule has 1 atom stereocenters. The maximum atomic E-state index is 12.3. The molecule has 0 aliphatic heterocycles. The van der Waals surface area contributed by atoms with Gasteiger partial charge in [0.15, 0.2) is 0 Å². The zero-order chi connectivity index (χ0) is 19.2. The predicted octanol–water partition coefficient (Wildman–Crippen LogP) is 3.74. The first-order valence-corrected chi connectivity index (χ1v) is 8.92. The van der Waals surface area contributed by atoms with Gasteiger partial charge < -0.3 is 14.5 Å². The SMILES string of the molecule is COc1ccc(-c2nnc(S[C@H](C)C(=O)Nc3cccc(C#N)c3)o2)cc1. The summed E-state index contributed by atoms with van der Waals surface area (Å²) in [6.45, 7) is 1.74. The number of benzene rings is 2. The Balaban J connectivity index is 1.63. The monoisotopic (exact) mass is 380 g/mol. The van der Waals surface area contributed by atoms with Crippen LogP contribution >= 0.6 is 11.8 Å². The predicted molar refractivity (Wildman–Crippen MR) is 101 cm³/mol. The van der Waals surface area contributed by atoms with Gasteiger partial charge in [-0.1, -0.05) is 17.8 Å². The van der Waals surface area contributed by atoms with Crippen molar-refractivity contribution in [1.82, 2.24) is 10.2 Å². The van der Waals surface area contributed by atoms with Crippen molar-refractivity contribution >= 4 is 23.4 Å². The minimum atomic E-state index is -0.458. The first kappa shape index (κ1) is 18.5. The fourth-order valence-corrected chi connectivity index (χ4v) is 2.91. The van der Waals surface area contributed by atoms with Crippen molar-refractivity contribution in [3.8, 4) is 23.3 Å². The summed E-state index contributed by atoms with van der Waals surface area (Å²) in [6, 6.07) is 16.0. The molecule has 136 valence electrons. The van der Waals surface area contributed by atoms with Crippen molar-refractivity contribution < 1.29 is 13.9 Å². The third-order valence-corrected chi connectivity index (χ3v) is 4.58. The molecule has 0 aliphatic rings. The molecule has 1 N–H and O–H groups in total. The maximum absolute atomic E-state index is 12.3. The average molecular weight is 380 g/mol. The van der Waals surface area contributed by atoms with Gasteiger partial charge >= 0.3 is 0 Å². The number of anilines is 1. The van der Waals surface area contributed by atoms with Gasteiger partial charge in [-0.25, -0.2) is 0 Å². The number of amides is 1. The van der Waals surface area contributed by atoms with E-state index >= 15 is 0 Å². The summed E-state index contributed by atoms with van der Waals surface area (Å²) in [4.78, 5) is 12.3. The van der Waals surface area contributed by atoms with Gasteiger partial charge in [-0.15, -0.1) is 10.2 Å². The molecule has 3 rings (SSSR count). The fourth-order valence-electron chi connectivity index (χ4n) is 2.22. The highest BCUT2D eigenvalue weighted by molar-refractivity contribution is 8.00. The van der Waals surface area contributed by atoms with Gasteiger partial charge in [0.2, 0.25) is 11.8 Å². The number of carbonyl (C=O) groups excluding carboxylic acids is 1. The molecule has 0 saturated heterocycles. The van der Waals surface area contributed by atoms with Gasteiger partial charge in [-0.2, -0.15) is 5.26 Å². The highest BCUT2D eigenvalue weighted by Crippen LogP contribution is 2.27. The Morgan fingerprint density at radius 3 is 2.74 bits per heavy atom. The minimum Gasteiger partial charge on any atom is -0.497 e. The van der Waals surface area contributed by atoms with E-state index in [0.717, 1.165) is 23.1 Å². The second-order valence-corrected chi connectivity index (χ2v) is 6.84. The molecule has 27 heavy (non-hydrogen) atoms. The lowest BCUT2D eigenvalue weighted by atomic mass is 10.2. The number of hydrogen-bond donors (Lipinski definition) is 1. The van der Waals surface area contributed by atoms with Crippen molar-refractivity contribution in [2.75, 3.05) is 12.4 Å². The molecule has 8 heteroatoms. The van der Waals surface area contributed by atoms with E-state index in [9.17, 15) is 4.79 Å². The van der Waals surface area contributed by atoms with Crippen LogP contribution in [0.2, 0.25) is 0 Å². The summed E-state index contributed by atoms with van der Waals surface area (Å²) in [7, 11) is 1.60. The Hall–Kier alpha value is -3.31. The third kappa shape index (κ3) is 4.65. The summed E-state index contributed by atoms with van der Waals surface area (Å²) in [6.07, 6.45) is 0. The van der Waals surface area contributed by atoms with Gasteiger partial charge in [-0.3, -0.25) is 4.79 Å². The van der Waals surface area contributed by atoms with Crippen molar-refractivity contribution in [2.45, 2.75) is 17.4 Å². The Morgan fingerprint density at radius 1 is 1.26 bits per heavy atom. The molecule has 7 nitrogen and oxygen atoms in total. The molecular formula is C19H16N4O3S. The fraction of sp³-hybridized carbons (Fsp3) is 0.158. The van der Waals surface area contributed by atoms with Crippen LogP contribution < -0.4 is 10.1 Å². The minimum absolute atomic E-state index is 0.223. The summed E-state index contributed by atoms with van der Waals surface area (Å²) < 4.78 is 10.7. The second-order valence-electron chi connectivity index (χ2n) is 5.54. The quantitative estimate of drug-likeness (QED) is 0.650. The van der Waals surface area contributed by atoms with Crippen LogP contribution in [0.5, 0.6) is 5.75 Å². The number of thioether (sulfide) groups is 1. The molecule has 0 unspecified atom stereocenters. The molecule has 0 saturated carbocycles. The summed E-state index contributed by atoms with van der Waals surface area (Å²) in [5.41, 5.74) is 1.81. The van der Waals surface area contributed by atoms with Crippen molar-refractivity contribution in [3.05, 3.63) is 54.1 Å². The van der Waals surface area contributed by atoms with Crippen LogP contribution in [0.3, 0.4) is 0 Å². The first-order chi connectivity index (χ1) is 13.1. The summed E-state index contributed by atoms with van der Waals surface area (Å²) in [5, 5.41) is 19.5. The number of hydrogen-bond acceptors (Lipinski definition) is 7. The molecule has 0 bridgehead atoms. The van der Waals surface area contributed by atoms with E-state index < -0.39 is 5.25 Å². The number of carbonyl (C=O) groups is 1. The zero-order valence-electron chi connectivity index (χ0n) is 14.7. The zero-order valence-corrected chi connectivity index (χ0v) is 15.5. The number of nitrogens with zero attached hydrogens (tertiary/aromatic N) is 3. The number of nitriles is 1. The topological polar surface area (TPSA) is 101 Å². The first-order valence-electron chi connectivity index (χ1n) is 8.04. The lowest BCUT2D eigenvalue weighted by Crippen LogP contribution is -2.22. The summed E-state index contributed by atoms with van der Waals surface area (Å²) >= 11 is 1.16. The number of ether oxygens (including phenoxy) is 1. The largest absolute Gasteiger partial charge is 0.497 e. The van der Waals surface area contributed by atoms with Gasteiger partial charge in [0.25, 0.3) is 5.22 Å². The van der Waals surface area contributed by atoms with Crippen LogP contribution in [-0.2, 0) is 4.79 Å². The maximum Gasteiger partial charge on any atom is 0.277 e. The van der Waals surface area contributed by atoms with Crippen LogP contribution in [0.1, 0.15) is 12.5 Å². The van der Waals surface area contributed by atoms with Gasteiger partial charge in [0.1, 0.15) is 5.75 Å². The third-order valence-electron chi connectivity index (χ3n) is 3.65. The van der Waals surface area contributed by atoms with Gasteiger partial charge in [0.05, 0.1) is 24.0 Å². The van der Waals surface area contributed by atoms with Crippen LogP contribution in [-0.4, -0.2) is 28.5 Å². The molecule has 0 radical (unpaired) electrons. The number of aromatic nitrogens is 2. The number of methoxy groups -OCH3 is 1. The molecule has 1 amide bonds. The Labute approximate surface area is 160 Å². The van der Waals surface area contributed by atoms with E-state index in [0.29, 0.717) is 22.4 Å². The van der Waals surface area contributed by atoms with Crippen LogP contribution in [0.4, 0.5) is 5.69 Å². The average Bonchev–Trinajstić information content (AvgIpc) is 3.16. The molecule has 0 fully saturated rings. The number of nitrogens with one attached hydrogen (secondary N) is 1. The lowest BCUT2D eigenvalue weighted by molar-refractivity contribution is -0.115. The van der Waals surface area contributed by atoms with E-state index in [2.05, 4.69) is 15.5 Å². The molecule has 3 aromatic rings.